The zero-order valence-electron chi connectivity index (χ0n) is 4.85. The summed E-state index contributed by atoms with van der Waals surface area (Å²) in [6.07, 6.45) is 1.77. The maximum atomic E-state index is 5.65. The fourth-order valence-electron chi connectivity index (χ4n) is 0.571. The van der Waals surface area contributed by atoms with Gasteiger partial charge >= 0.3 is 0 Å². The lowest BCUT2D eigenvalue weighted by Crippen LogP contribution is -1.86. The van der Waals surface area contributed by atoms with Crippen LogP contribution in [0.2, 0.25) is 5.02 Å². The summed E-state index contributed by atoms with van der Waals surface area (Å²) in [6.45, 7) is 1.88. The predicted octanol–water partition coefficient (Wildman–Crippen LogP) is 2.02. The zero-order valence-corrected chi connectivity index (χ0v) is 5.61. The van der Waals surface area contributed by atoms with Crippen molar-refractivity contribution >= 4 is 11.6 Å². The minimum absolute atomic E-state index is 0. The Morgan fingerprint density at radius 2 is 2.22 bits per heavy atom. The molecule has 9 heavy (non-hydrogen) atoms. The van der Waals surface area contributed by atoms with Gasteiger partial charge in [0.05, 0.1) is 10.7 Å². The van der Waals surface area contributed by atoms with E-state index in [4.69, 9.17) is 11.6 Å². The van der Waals surface area contributed by atoms with Crippen LogP contribution in [0.25, 0.3) is 0 Å². The van der Waals surface area contributed by atoms with Crippen LogP contribution in [0.15, 0.2) is 6.20 Å². The third-order valence-corrected chi connectivity index (χ3v) is 1.32. The van der Waals surface area contributed by atoms with Crippen LogP contribution in [0.4, 0.5) is 0 Å². The zero-order chi connectivity index (χ0) is 6.15. The Hall–Kier alpha value is -0.500. The molecule has 0 aliphatic heterocycles. The highest BCUT2D eigenvalue weighted by atomic mass is 35.5. The van der Waals surface area contributed by atoms with Gasteiger partial charge in [-0.05, 0) is 6.92 Å². The van der Waals surface area contributed by atoms with Gasteiger partial charge in [0.1, 0.15) is 0 Å². The molecule has 0 saturated carbocycles. The summed E-state index contributed by atoms with van der Waals surface area (Å²) in [6, 6.07) is 0. The predicted molar refractivity (Wildman–Crippen MR) is 39.7 cm³/mol. The fourth-order valence-corrected chi connectivity index (χ4v) is 0.750. The number of halogens is 1. The van der Waals surface area contributed by atoms with Crippen LogP contribution < -0.4 is 0 Å². The van der Waals surface area contributed by atoms with E-state index in [0.29, 0.717) is 0 Å². The molecule has 0 atom stereocenters. The lowest BCUT2D eigenvalue weighted by molar-refractivity contribution is 0.756. The van der Waals surface area contributed by atoms with Crippen LogP contribution in [0.5, 0.6) is 0 Å². The molecule has 1 aromatic heterocycles. The van der Waals surface area contributed by atoms with E-state index in [9.17, 15) is 0 Å². The molecule has 0 N–H and O–H groups in total. The van der Waals surface area contributed by atoms with E-state index in [1.165, 1.54) is 0 Å². The first-order valence-corrected chi connectivity index (χ1v) is 2.73. The highest BCUT2D eigenvalue weighted by molar-refractivity contribution is 6.31. The molecule has 0 aliphatic carbocycles. The quantitative estimate of drug-likeness (QED) is 0.548. The van der Waals surface area contributed by atoms with Crippen molar-refractivity contribution in [1.82, 2.24) is 9.78 Å². The van der Waals surface area contributed by atoms with E-state index in [-0.39, 0.29) is 7.43 Å². The van der Waals surface area contributed by atoms with Gasteiger partial charge in [0, 0.05) is 13.2 Å². The Labute approximate surface area is 60.4 Å². The van der Waals surface area contributed by atoms with E-state index < -0.39 is 0 Å². The molecule has 0 unspecified atom stereocenters. The second-order valence-electron chi connectivity index (χ2n) is 1.74. The first kappa shape index (κ1) is 8.50. The van der Waals surface area contributed by atoms with Gasteiger partial charge in [0.25, 0.3) is 0 Å². The molecule has 3 heteroatoms. The first-order valence-electron chi connectivity index (χ1n) is 2.36. The number of hydrogen-bond acceptors (Lipinski definition) is 1. The summed E-state index contributed by atoms with van der Waals surface area (Å²) in [5.41, 5.74) is 0.883. The van der Waals surface area contributed by atoms with Gasteiger partial charge in [-0.3, -0.25) is 4.68 Å². The summed E-state index contributed by atoms with van der Waals surface area (Å²) in [5, 5.41) is 4.72. The normalized spacial score (nSPS) is 8.78. The third-order valence-electron chi connectivity index (χ3n) is 0.954. The second kappa shape index (κ2) is 2.87. The van der Waals surface area contributed by atoms with E-state index in [1.54, 1.807) is 10.9 Å². The molecule has 1 rings (SSSR count). The molecule has 0 aromatic carbocycles. The van der Waals surface area contributed by atoms with Crippen LogP contribution in [-0.4, -0.2) is 9.78 Å². The average Bonchev–Trinajstić information content (AvgIpc) is 1.85. The molecule has 0 aliphatic rings. The molecular weight excluding hydrogens is 136 g/mol. The summed E-state index contributed by atoms with van der Waals surface area (Å²) >= 11 is 5.65. The highest BCUT2D eigenvalue weighted by Gasteiger charge is 1.95. The van der Waals surface area contributed by atoms with Gasteiger partial charge < -0.3 is 0 Å². The van der Waals surface area contributed by atoms with Crippen molar-refractivity contribution in [1.29, 1.82) is 0 Å². The van der Waals surface area contributed by atoms with Gasteiger partial charge in [0.15, 0.2) is 0 Å². The molecule has 0 saturated heterocycles. The number of aryl methyl sites for hydroxylation is 2. The third kappa shape index (κ3) is 1.72. The number of aromatic nitrogens is 2. The van der Waals surface area contributed by atoms with Gasteiger partial charge in [-0.2, -0.15) is 5.10 Å². The van der Waals surface area contributed by atoms with Crippen molar-refractivity contribution < 1.29 is 0 Å². The molecule has 52 valence electrons. The maximum absolute atomic E-state index is 5.65. The minimum Gasteiger partial charge on any atom is -0.274 e. The Kier molecular flexibility index (Phi) is 2.71. The summed E-state index contributed by atoms with van der Waals surface area (Å²) < 4.78 is 1.69. The van der Waals surface area contributed by atoms with Crippen LogP contribution in [0.3, 0.4) is 0 Å². The molecule has 0 amide bonds. The molecule has 0 bridgehead atoms. The van der Waals surface area contributed by atoms with Crippen molar-refractivity contribution in [3.05, 3.63) is 16.9 Å². The highest BCUT2D eigenvalue weighted by Crippen LogP contribution is 2.09. The van der Waals surface area contributed by atoms with Crippen molar-refractivity contribution in [2.24, 2.45) is 7.05 Å². The number of nitrogens with zero attached hydrogens (tertiary/aromatic N) is 2. The van der Waals surface area contributed by atoms with E-state index in [0.717, 1.165) is 10.7 Å². The fraction of sp³-hybridized carbons (Fsp3) is 0.500. The van der Waals surface area contributed by atoms with Gasteiger partial charge in [-0.25, -0.2) is 0 Å². The van der Waals surface area contributed by atoms with Gasteiger partial charge in [-0.15, -0.1) is 0 Å². The monoisotopic (exact) mass is 146 g/mol. The molecule has 1 heterocycles. The van der Waals surface area contributed by atoms with E-state index >= 15 is 0 Å². The first-order chi connectivity index (χ1) is 3.70. The van der Waals surface area contributed by atoms with Crippen LogP contribution in [0, 0.1) is 6.92 Å². The van der Waals surface area contributed by atoms with Crippen LogP contribution in [-0.2, 0) is 7.05 Å². The Morgan fingerprint density at radius 3 is 2.33 bits per heavy atom. The molecule has 0 radical (unpaired) electrons. The van der Waals surface area contributed by atoms with Gasteiger partial charge in [-0.1, -0.05) is 19.0 Å². The summed E-state index contributed by atoms with van der Waals surface area (Å²) in [4.78, 5) is 0. The lowest BCUT2D eigenvalue weighted by atomic mass is 10.5. The Balaban J connectivity index is 0.000000640. The van der Waals surface area contributed by atoms with Crippen LogP contribution in [0.1, 0.15) is 13.1 Å². The molecule has 0 fully saturated rings. The molecule has 0 spiro atoms. The smallest absolute Gasteiger partial charge is 0.0814 e. The van der Waals surface area contributed by atoms with Crippen molar-refractivity contribution in [2.45, 2.75) is 14.4 Å². The SMILES string of the molecule is C.Cc1nn(C)cc1Cl. The summed E-state index contributed by atoms with van der Waals surface area (Å²) in [5.74, 6) is 0. The lowest BCUT2D eigenvalue weighted by Gasteiger charge is -1.79. The average molecular weight is 147 g/mol. The Bertz CT molecular complexity index is 173. The standard InChI is InChI=1S/C5H7ClN2.CH4/c1-4-5(6)3-8(2)7-4;/h3H,1-2H3;1H4. The Morgan fingerprint density at radius 1 is 1.67 bits per heavy atom. The van der Waals surface area contributed by atoms with Crippen LogP contribution >= 0.6 is 11.6 Å². The maximum Gasteiger partial charge on any atom is 0.0814 e. The number of rotatable bonds is 0. The minimum atomic E-state index is 0. The summed E-state index contributed by atoms with van der Waals surface area (Å²) in [7, 11) is 1.85. The largest absolute Gasteiger partial charge is 0.274 e. The molecule has 2 nitrogen and oxygen atoms in total. The van der Waals surface area contributed by atoms with Gasteiger partial charge in [0.2, 0.25) is 0 Å². The second-order valence-corrected chi connectivity index (χ2v) is 2.14. The van der Waals surface area contributed by atoms with Crippen molar-refractivity contribution in [2.75, 3.05) is 0 Å². The van der Waals surface area contributed by atoms with Crippen molar-refractivity contribution in [3.8, 4) is 0 Å². The van der Waals surface area contributed by atoms with E-state index in [1.807, 2.05) is 14.0 Å². The van der Waals surface area contributed by atoms with E-state index in [2.05, 4.69) is 5.10 Å². The molecular formula is C6H11ClN2. The molecule has 1 aromatic rings. The number of hydrogen-bond donors (Lipinski definition) is 0. The topological polar surface area (TPSA) is 17.8 Å². The van der Waals surface area contributed by atoms with Crippen molar-refractivity contribution in [3.63, 3.8) is 0 Å².